The summed E-state index contributed by atoms with van der Waals surface area (Å²) < 4.78 is 39.5. The van der Waals surface area contributed by atoms with E-state index in [1.165, 1.54) is 6.42 Å². The van der Waals surface area contributed by atoms with Gasteiger partial charge >= 0.3 is 0 Å². The molecule has 0 atom stereocenters. The molecule has 1 aromatic rings. The second-order valence-corrected chi connectivity index (χ2v) is 4.79. The number of nitrogens with one attached hydrogen (secondary N) is 2. The van der Waals surface area contributed by atoms with E-state index in [4.69, 9.17) is 5.84 Å². The third-order valence-electron chi connectivity index (χ3n) is 3.29. The van der Waals surface area contributed by atoms with Crippen LogP contribution < -0.4 is 16.6 Å². The minimum atomic E-state index is -1.24. The summed E-state index contributed by atoms with van der Waals surface area (Å²) in [5.74, 6) is 2.18. The molecule has 0 aromatic heterocycles. The van der Waals surface area contributed by atoms with Gasteiger partial charge in [0.25, 0.3) is 0 Å². The number of nitrogens with two attached hydrogens (primary N) is 1. The molecule has 0 radical (unpaired) electrons. The van der Waals surface area contributed by atoms with Crippen molar-refractivity contribution in [3.63, 3.8) is 0 Å². The molecular weight excluding hydrogens is 269 g/mol. The molecule has 0 spiro atoms. The second kappa shape index (κ2) is 6.60. The fourth-order valence-electron chi connectivity index (χ4n) is 2.24. The second-order valence-electron chi connectivity index (χ2n) is 4.79. The maximum atomic E-state index is 13.5. The Morgan fingerprint density at radius 2 is 1.70 bits per heavy atom. The topological polar surface area (TPSA) is 62.4 Å². The maximum Gasteiger partial charge on any atom is 0.210 e. The molecule has 1 aliphatic carbocycles. The smallest absolute Gasteiger partial charge is 0.210 e. The van der Waals surface area contributed by atoms with Gasteiger partial charge in [0.1, 0.15) is 5.82 Å². The van der Waals surface area contributed by atoms with Gasteiger partial charge in [0.05, 0.1) is 11.7 Å². The van der Waals surface area contributed by atoms with Gasteiger partial charge in [-0.25, -0.2) is 24.0 Å². The van der Waals surface area contributed by atoms with Gasteiger partial charge in [0, 0.05) is 12.1 Å². The highest BCUT2D eigenvalue weighted by molar-refractivity contribution is 5.93. The lowest BCUT2D eigenvalue weighted by Gasteiger charge is -2.19. The molecule has 1 aliphatic rings. The molecule has 0 aliphatic heterocycles. The maximum absolute atomic E-state index is 13.5. The number of hydrazine groups is 1. The first-order chi connectivity index (χ1) is 9.60. The van der Waals surface area contributed by atoms with Gasteiger partial charge in [0.2, 0.25) is 5.96 Å². The summed E-state index contributed by atoms with van der Waals surface area (Å²) in [6.45, 7) is 0. The van der Waals surface area contributed by atoms with E-state index in [2.05, 4.69) is 15.7 Å². The van der Waals surface area contributed by atoms with Gasteiger partial charge in [-0.2, -0.15) is 0 Å². The van der Waals surface area contributed by atoms with Crippen LogP contribution in [0.5, 0.6) is 0 Å². The summed E-state index contributed by atoms with van der Waals surface area (Å²) >= 11 is 0. The molecule has 1 aromatic carbocycles. The average Bonchev–Trinajstić information content (AvgIpc) is 2.45. The van der Waals surface area contributed by atoms with E-state index in [0.717, 1.165) is 31.7 Å². The van der Waals surface area contributed by atoms with Crippen LogP contribution in [0.4, 0.5) is 18.9 Å². The quantitative estimate of drug-likeness (QED) is 0.257. The van der Waals surface area contributed by atoms with Gasteiger partial charge in [0.15, 0.2) is 11.6 Å². The van der Waals surface area contributed by atoms with Crippen LogP contribution >= 0.6 is 0 Å². The van der Waals surface area contributed by atoms with Gasteiger partial charge in [-0.3, -0.25) is 5.43 Å². The molecule has 2 rings (SSSR count). The lowest BCUT2D eigenvalue weighted by molar-refractivity contribution is 0.442. The Balaban J connectivity index is 2.13. The van der Waals surface area contributed by atoms with E-state index >= 15 is 0 Å². The number of hydrogen-bond donors (Lipinski definition) is 3. The monoisotopic (exact) mass is 286 g/mol. The number of halogens is 3. The van der Waals surface area contributed by atoms with Crippen molar-refractivity contribution in [1.82, 2.24) is 5.43 Å². The van der Waals surface area contributed by atoms with Crippen molar-refractivity contribution in [1.29, 1.82) is 0 Å². The molecule has 20 heavy (non-hydrogen) atoms. The predicted molar refractivity (Wildman–Crippen MR) is 71.6 cm³/mol. The predicted octanol–water partition coefficient (Wildman–Crippen LogP) is 2.67. The van der Waals surface area contributed by atoms with Crippen LogP contribution in [-0.2, 0) is 0 Å². The molecule has 0 heterocycles. The summed E-state index contributed by atoms with van der Waals surface area (Å²) in [7, 11) is 0. The number of hydrogen-bond acceptors (Lipinski definition) is 2. The minimum Gasteiger partial charge on any atom is -0.323 e. The van der Waals surface area contributed by atoms with E-state index in [1.807, 2.05) is 0 Å². The third kappa shape index (κ3) is 3.63. The van der Waals surface area contributed by atoms with Crippen LogP contribution in [0.1, 0.15) is 32.1 Å². The fourth-order valence-corrected chi connectivity index (χ4v) is 2.24. The van der Waals surface area contributed by atoms with Gasteiger partial charge in [-0.1, -0.05) is 19.3 Å². The third-order valence-corrected chi connectivity index (χ3v) is 3.29. The Labute approximate surface area is 115 Å². The Hall–Kier alpha value is -1.76. The average molecular weight is 286 g/mol. The zero-order valence-electron chi connectivity index (χ0n) is 10.9. The molecule has 4 N–H and O–H groups in total. The molecule has 0 amide bonds. The van der Waals surface area contributed by atoms with Gasteiger partial charge < -0.3 is 5.32 Å². The number of rotatable bonds is 2. The summed E-state index contributed by atoms with van der Waals surface area (Å²) in [5.41, 5.74) is 2.10. The normalized spacial score (nSPS) is 17.1. The van der Waals surface area contributed by atoms with Crippen molar-refractivity contribution in [3.05, 3.63) is 29.6 Å². The van der Waals surface area contributed by atoms with Gasteiger partial charge in [-0.05, 0) is 12.8 Å². The first kappa shape index (κ1) is 14.6. The van der Waals surface area contributed by atoms with E-state index in [1.54, 1.807) is 0 Å². The van der Waals surface area contributed by atoms with Crippen LogP contribution in [0.15, 0.2) is 17.1 Å². The van der Waals surface area contributed by atoms with Crippen LogP contribution in [0.3, 0.4) is 0 Å². The highest BCUT2D eigenvalue weighted by atomic mass is 19.2. The SMILES string of the molecule is NNC(=NC1CCCCC1)Nc1cc(F)c(F)cc1F. The highest BCUT2D eigenvalue weighted by Crippen LogP contribution is 2.21. The Morgan fingerprint density at radius 1 is 1.05 bits per heavy atom. The first-order valence-electron chi connectivity index (χ1n) is 6.56. The summed E-state index contributed by atoms with van der Waals surface area (Å²) in [4.78, 5) is 4.33. The highest BCUT2D eigenvalue weighted by Gasteiger charge is 2.15. The summed E-state index contributed by atoms with van der Waals surface area (Å²) in [5, 5.41) is 2.54. The number of guanidine groups is 1. The Kier molecular flexibility index (Phi) is 4.84. The number of aliphatic imine (C=N–C) groups is 1. The number of nitrogens with zero attached hydrogens (tertiary/aromatic N) is 1. The van der Waals surface area contributed by atoms with Gasteiger partial charge in [-0.15, -0.1) is 0 Å². The lowest BCUT2D eigenvalue weighted by atomic mass is 9.96. The standard InChI is InChI=1S/C13H17F3N4/c14-9-6-11(16)12(7-10(9)15)19-13(20-17)18-8-4-2-1-3-5-8/h6-8H,1-5,17H2,(H2,18,19,20). The number of benzene rings is 1. The number of anilines is 1. The lowest BCUT2D eigenvalue weighted by Crippen LogP contribution is -2.37. The molecule has 0 unspecified atom stereocenters. The van der Waals surface area contributed by atoms with E-state index in [-0.39, 0.29) is 17.7 Å². The van der Waals surface area contributed by atoms with Crippen molar-refractivity contribution in [2.75, 3.05) is 5.32 Å². The molecule has 110 valence electrons. The van der Waals surface area contributed by atoms with E-state index in [0.29, 0.717) is 6.07 Å². The van der Waals surface area contributed by atoms with Crippen LogP contribution in [-0.4, -0.2) is 12.0 Å². The summed E-state index contributed by atoms with van der Waals surface area (Å²) in [6.07, 6.45) is 5.24. The molecule has 4 nitrogen and oxygen atoms in total. The van der Waals surface area contributed by atoms with E-state index < -0.39 is 17.5 Å². The van der Waals surface area contributed by atoms with Crippen LogP contribution in [0.2, 0.25) is 0 Å². The zero-order valence-corrected chi connectivity index (χ0v) is 10.9. The Morgan fingerprint density at radius 3 is 2.35 bits per heavy atom. The molecule has 0 saturated heterocycles. The largest absolute Gasteiger partial charge is 0.323 e. The zero-order chi connectivity index (χ0) is 14.5. The van der Waals surface area contributed by atoms with Crippen LogP contribution in [0, 0.1) is 17.5 Å². The first-order valence-corrected chi connectivity index (χ1v) is 6.56. The summed E-state index contributed by atoms with van der Waals surface area (Å²) in [6, 6.07) is 1.32. The minimum absolute atomic E-state index is 0.107. The van der Waals surface area contributed by atoms with Crippen molar-refractivity contribution in [2.24, 2.45) is 10.8 Å². The molecule has 1 fully saturated rings. The Bertz CT molecular complexity index is 499. The molecule has 7 heteroatoms. The molecule has 1 saturated carbocycles. The van der Waals surface area contributed by atoms with Crippen molar-refractivity contribution in [3.8, 4) is 0 Å². The van der Waals surface area contributed by atoms with Crippen molar-refractivity contribution in [2.45, 2.75) is 38.1 Å². The fraction of sp³-hybridized carbons (Fsp3) is 0.462. The van der Waals surface area contributed by atoms with Crippen molar-refractivity contribution >= 4 is 11.6 Å². The molecule has 0 bridgehead atoms. The van der Waals surface area contributed by atoms with Crippen molar-refractivity contribution < 1.29 is 13.2 Å². The van der Waals surface area contributed by atoms with E-state index in [9.17, 15) is 13.2 Å². The molecular formula is C13H17F3N4. The van der Waals surface area contributed by atoms with Crippen LogP contribution in [0.25, 0.3) is 0 Å².